The molecule has 0 saturated carbocycles. The van der Waals surface area contributed by atoms with Crippen molar-refractivity contribution in [3.05, 3.63) is 0 Å². The number of carbonyl (C=O) groups excluding carboxylic acids is 2. The summed E-state index contributed by atoms with van der Waals surface area (Å²) < 4.78 is 0. The van der Waals surface area contributed by atoms with E-state index in [1.807, 2.05) is 30.7 Å². The summed E-state index contributed by atoms with van der Waals surface area (Å²) in [5.74, 6) is 1.88. The Balaban J connectivity index is 1.73. The van der Waals surface area contributed by atoms with Gasteiger partial charge in [0.05, 0.1) is 11.5 Å². The average Bonchev–Trinajstić information content (AvgIpc) is 3.02. The van der Waals surface area contributed by atoms with Crippen molar-refractivity contribution in [3.63, 3.8) is 0 Å². The zero-order valence-corrected chi connectivity index (χ0v) is 15.9. The van der Waals surface area contributed by atoms with Gasteiger partial charge in [-0.1, -0.05) is 27.7 Å². The molecule has 5 nitrogen and oxygen atoms in total. The maximum atomic E-state index is 12.8. The summed E-state index contributed by atoms with van der Waals surface area (Å²) in [4.78, 5) is 31.7. The van der Waals surface area contributed by atoms with Gasteiger partial charge in [-0.05, 0) is 18.8 Å². The fourth-order valence-corrected chi connectivity index (χ4v) is 5.25. The third-order valence-corrected chi connectivity index (χ3v) is 6.46. The predicted molar refractivity (Wildman–Crippen MR) is 94.4 cm³/mol. The molecule has 0 aromatic heterocycles. The van der Waals surface area contributed by atoms with Crippen molar-refractivity contribution < 1.29 is 9.59 Å². The van der Waals surface area contributed by atoms with Crippen LogP contribution in [0.1, 0.15) is 40.5 Å². The fraction of sp³-hybridized carbons (Fsp3) is 0.895. The van der Waals surface area contributed by atoms with Crippen molar-refractivity contribution in [2.45, 2.75) is 46.1 Å². The first-order valence-corrected chi connectivity index (χ1v) is 9.55. The summed E-state index contributed by atoms with van der Waals surface area (Å²) in [6.07, 6.45) is 1.87. The van der Waals surface area contributed by atoms with Gasteiger partial charge in [0.2, 0.25) is 11.8 Å². The van der Waals surface area contributed by atoms with Crippen LogP contribution in [0, 0.1) is 23.7 Å². The summed E-state index contributed by atoms with van der Waals surface area (Å²) in [7, 11) is 1.99. The van der Waals surface area contributed by atoms with Gasteiger partial charge in [0, 0.05) is 51.6 Å². The second-order valence-electron chi connectivity index (χ2n) is 8.81. The second-order valence-corrected chi connectivity index (χ2v) is 8.81. The Morgan fingerprint density at radius 1 is 1.17 bits per heavy atom. The molecule has 3 saturated heterocycles. The number of likely N-dealkylation sites (tertiary alicyclic amines) is 3. The topological polar surface area (TPSA) is 43.9 Å². The summed E-state index contributed by atoms with van der Waals surface area (Å²) in [5.41, 5.74) is -0.0265. The second kappa shape index (κ2) is 6.32. The van der Waals surface area contributed by atoms with E-state index in [-0.39, 0.29) is 23.3 Å². The van der Waals surface area contributed by atoms with Crippen LogP contribution in [0.3, 0.4) is 0 Å². The van der Waals surface area contributed by atoms with E-state index in [1.54, 1.807) is 0 Å². The van der Waals surface area contributed by atoms with Crippen LogP contribution in [0.15, 0.2) is 0 Å². The SMILES string of the molecule is CC(C)CN1C[C@H]2C(=O)N(C)C3(CCN(C(=O)C(C)C)CC3)[C@H]2C1. The van der Waals surface area contributed by atoms with Gasteiger partial charge in [-0.2, -0.15) is 0 Å². The lowest BCUT2D eigenvalue weighted by Gasteiger charge is -2.47. The number of carbonyl (C=O) groups is 2. The molecule has 0 aliphatic carbocycles. The first-order valence-electron chi connectivity index (χ1n) is 9.55. The lowest BCUT2D eigenvalue weighted by molar-refractivity contribution is -0.139. The first kappa shape index (κ1) is 17.7. The predicted octanol–water partition coefficient (Wildman–Crippen LogP) is 1.68. The molecular weight excluding hydrogens is 302 g/mol. The van der Waals surface area contributed by atoms with E-state index in [0.29, 0.717) is 17.7 Å². The van der Waals surface area contributed by atoms with Crippen LogP contribution in [0.5, 0.6) is 0 Å². The Morgan fingerprint density at radius 2 is 1.79 bits per heavy atom. The van der Waals surface area contributed by atoms with Gasteiger partial charge in [0.15, 0.2) is 0 Å². The van der Waals surface area contributed by atoms with Gasteiger partial charge >= 0.3 is 0 Å². The smallest absolute Gasteiger partial charge is 0.227 e. The Hall–Kier alpha value is -1.10. The van der Waals surface area contributed by atoms with Crippen LogP contribution in [-0.2, 0) is 9.59 Å². The van der Waals surface area contributed by atoms with Crippen molar-refractivity contribution in [1.29, 1.82) is 0 Å². The van der Waals surface area contributed by atoms with Crippen molar-refractivity contribution in [1.82, 2.24) is 14.7 Å². The monoisotopic (exact) mass is 335 g/mol. The van der Waals surface area contributed by atoms with Crippen LogP contribution in [-0.4, -0.2) is 71.8 Å². The van der Waals surface area contributed by atoms with Crippen LogP contribution < -0.4 is 0 Å². The fourth-order valence-electron chi connectivity index (χ4n) is 5.25. The van der Waals surface area contributed by atoms with E-state index < -0.39 is 0 Å². The highest BCUT2D eigenvalue weighted by Gasteiger charge is 2.60. The molecule has 2 atom stereocenters. The van der Waals surface area contributed by atoms with E-state index in [1.165, 1.54) is 0 Å². The number of hydrogen-bond donors (Lipinski definition) is 0. The molecule has 3 aliphatic heterocycles. The number of rotatable bonds is 3. The number of piperidine rings is 1. The number of amides is 2. The first-order chi connectivity index (χ1) is 11.3. The zero-order valence-electron chi connectivity index (χ0n) is 15.9. The zero-order chi connectivity index (χ0) is 17.6. The van der Waals surface area contributed by atoms with E-state index in [4.69, 9.17) is 0 Å². The molecule has 3 rings (SSSR count). The number of nitrogens with zero attached hydrogens (tertiary/aromatic N) is 3. The maximum absolute atomic E-state index is 12.8. The molecular formula is C19H33N3O2. The van der Waals surface area contributed by atoms with Crippen LogP contribution in [0.2, 0.25) is 0 Å². The van der Waals surface area contributed by atoms with Gasteiger partial charge < -0.3 is 14.7 Å². The molecule has 0 aromatic carbocycles. The summed E-state index contributed by atoms with van der Waals surface area (Å²) in [5, 5.41) is 0. The van der Waals surface area contributed by atoms with Crippen LogP contribution >= 0.6 is 0 Å². The lowest BCUT2D eigenvalue weighted by atomic mass is 9.75. The highest BCUT2D eigenvalue weighted by atomic mass is 16.2. The van der Waals surface area contributed by atoms with E-state index in [0.717, 1.165) is 45.6 Å². The van der Waals surface area contributed by atoms with Crippen LogP contribution in [0.4, 0.5) is 0 Å². The lowest BCUT2D eigenvalue weighted by Crippen LogP contribution is -2.57. The molecule has 136 valence electrons. The molecule has 0 unspecified atom stereocenters. The van der Waals surface area contributed by atoms with Gasteiger partial charge in [-0.3, -0.25) is 9.59 Å². The molecule has 5 heteroatoms. The van der Waals surface area contributed by atoms with Gasteiger partial charge in [-0.15, -0.1) is 0 Å². The Labute approximate surface area is 146 Å². The van der Waals surface area contributed by atoms with Gasteiger partial charge in [0.1, 0.15) is 0 Å². The maximum Gasteiger partial charge on any atom is 0.227 e. The molecule has 0 bridgehead atoms. The molecule has 2 amide bonds. The molecule has 24 heavy (non-hydrogen) atoms. The standard InChI is InChI=1S/C19H33N3O2/c1-13(2)10-21-11-15-16(12-21)19(20(5)18(15)24)6-8-22(9-7-19)17(23)14(3)4/h13-16H,6-12H2,1-5H3/t15-,16+/m1/s1. The van der Waals surface area contributed by atoms with Crippen LogP contribution in [0.25, 0.3) is 0 Å². The summed E-state index contributed by atoms with van der Waals surface area (Å²) in [6.45, 7) is 13.0. The average molecular weight is 335 g/mol. The van der Waals surface area contributed by atoms with Crippen molar-refractivity contribution in [2.24, 2.45) is 23.7 Å². The van der Waals surface area contributed by atoms with Crippen molar-refractivity contribution in [2.75, 3.05) is 39.8 Å². The van der Waals surface area contributed by atoms with Gasteiger partial charge in [-0.25, -0.2) is 0 Å². The Bertz CT molecular complexity index is 509. The third kappa shape index (κ3) is 2.75. The number of fused-ring (bicyclic) bond motifs is 2. The summed E-state index contributed by atoms with van der Waals surface area (Å²) in [6, 6.07) is 0. The van der Waals surface area contributed by atoms with Gasteiger partial charge in [0.25, 0.3) is 0 Å². The van der Waals surface area contributed by atoms with E-state index in [2.05, 4.69) is 18.7 Å². The summed E-state index contributed by atoms with van der Waals surface area (Å²) >= 11 is 0. The Morgan fingerprint density at radius 3 is 2.33 bits per heavy atom. The third-order valence-electron chi connectivity index (χ3n) is 6.46. The molecule has 3 heterocycles. The van der Waals surface area contributed by atoms with E-state index in [9.17, 15) is 9.59 Å². The highest BCUT2D eigenvalue weighted by Crippen LogP contribution is 2.49. The normalized spacial score (nSPS) is 30.0. The van der Waals surface area contributed by atoms with Crippen molar-refractivity contribution in [3.8, 4) is 0 Å². The molecule has 0 aromatic rings. The Kier molecular flexibility index (Phi) is 4.67. The minimum atomic E-state index is -0.0265. The van der Waals surface area contributed by atoms with Crippen molar-refractivity contribution >= 4 is 11.8 Å². The molecule has 3 aliphatic rings. The quantitative estimate of drug-likeness (QED) is 0.788. The largest absolute Gasteiger partial charge is 0.342 e. The minimum Gasteiger partial charge on any atom is -0.342 e. The van der Waals surface area contributed by atoms with E-state index >= 15 is 0 Å². The molecule has 0 N–H and O–H groups in total. The molecule has 1 spiro atoms. The molecule has 0 radical (unpaired) electrons. The highest BCUT2D eigenvalue weighted by molar-refractivity contribution is 5.84. The minimum absolute atomic E-state index is 0.0265. The molecule has 3 fully saturated rings. The number of hydrogen-bond acceptors (Lipinski definition) is 3.